The summed E-state index contributed by atoms with van der Waals surface area (Å²) >= 11 is 4.57. The summed E-state index contributed by atoms with van der Waals surface area (Å²) in [5, 5.41) is 1.58. The summed E-state index contributed by atoms with van der Waals surface area (Å²) in [5.41, 5.74) is 0. The molecule has 0 aromatic heterocycles. The van der Waals surface area contributed by atoms with Gasteiger partial charge in [0.05, 0.1) is 0 Å². The van der Waals surface area contributed by atoms with E-state index in [0.29, 0.717) is 0 Å². The van der Waals surface area contributed by atoms with Crippen molar-refractivity contribution in [2.75, 3.05) is 6.16 Å². The van der Waals surface area contributed by atoms with E-state index in [1.807, 2.05) is 0 Å². The van der Waals surface area contributed by atoms with E-state index in [-0.39, 0.29) is 0 Å². The Morgan fingerprint density at radius 2 is 0.969 bits per heavy atom. The van der Waals surface area contributed by atoms with Crippen molar-refractivity contribution >= 4 is 36.7 Å². The molecule has 0 fully saturated rings. The van der Waals surface area contributed by atoms with Gasteiger partial charge in [-0.2, -0.15) is 0 Å². The molecule has 0 radical (unpaired) electrons. The fourth-order valence-electron chi connectivity index (χ4n) is 4.86. The first kappa shape index (κ1) is 25.2. The molecule has 0 bridgehead atoms. The molecule has 0 saturated carbocycles. The van der Waals surface area contributed by atoms with Crippen molar-refractivity contribution in [3.63, 3.8) is 0 Å². The van der Waals surface area contributed by atoms with Crippen molar-refractivity contribution in [3.8, 4) is 0 Å². The van der Waals surface area contributed by atoms with Crippen LogP contribution < -0.4 is 15.9 Å². The van der Waals surface area contributed by atoms with E-state index in [4.69, 9.17) is 0 Å². The first-order valence-corrected chi connectivity index (χ1v) is 16.9. The van der Waals surface area contributed by atoms with E-state index < -0.39 is 5.31 Å². The van der Waals surface area contributed by atoms with E-state index in [2.05, 4.69) is 120 Å². The summed E-state index contributed by atoms with van der Waals surface area (Å²) in [6.07, 6.45) is 11.9. The van der Waals surface area contributed by atoms with Crippen LogP contribution in [0, 0.1) is 5.92 Å². The zero-order valence-corrected chi connectivity index (χ0v) is 22.4. The number of hydrogen-bond acceptors (Lipinski definition) is 0. The van der Waals surface area contributed by atoms with Crippen LogP contribution in [0.15, 0.2) is 91.0 Å². The standard InChI is InChI=1S/C30H40BrP/c1-3-27(2)19-11-6-4-5-7-18-26-32(31,28-20-12-8-13-21-28,29-22-14-9-15-23-29)30-24-16-10-17-25-30/h8-10,12-17,20-25,27H,3-7,11,18-19,26H2,1-2H3/t27-/m0/s1. The van der Waals surface area contributed by atoms with E-state index in [9.17, 15) is 0 Å². The molecular formula is C30H40BrP. The number of unbranched alkanes of at least 4 members (excludes halogenated alkanes) is 5. The Morgan fingerprint density at radius 3 is 1.38 bits per heavy atom. The molecule has 0 aliphatic rings. The van der Waals surface area contributed by atoms with Gasteiger partial charge in [-0.05, 0) is 0 Å². The maximum absolute atomic E-state index is 4.57. The SMILES string of the molecule is CC[C@H](C)CCCCCCCCP(Br)(c1ccccc1)(c1ccccc1)c1ccccc1. The zero-order chi connectivity index (χ0) is 22.7. The molecule has 1 atom stereocenters. The molecule has 0 amide bonds. The second-order valence-corrected chi connectivity index (χ2v) is 18.4. The van der Waals surface area contributed by atoms with E-state index in [0.717, 1.165) is 12.1 Å². The van der Waals surface area contributed by atoms with Crippen molar-refractivity contribution in [1.29, 1.82) is 0 Å². The third-order valence-electron chi connectivity index (χ3n) is 7.11. The predicted octanol–water partition coefficient (Wildman–Crippen LogP) is 8.60. The Balaban J connectivity index is 1.81. The second kappa shape index (κ2) is 12.2. The molecule has 0 nitrogen and oxygen atoms in total. The summed E-state index contributed by atoms with van der Waals surface area (Å²) in [7, 11) is 0. The summed E-state index contributed by atoms with van der Waals surface area (Å²) in [5.74, 6) is 0.886. The predicted molar refractivity (Wildman–Crippen MR) is 151 cm³/mol. The third kappa shape index (κ3) is 5.73. The quantitative estimate of drug-likeness (QED) is 0.159. The molecule has 3 rings (SSSR count). The Bertz CT molecular complexity index is 808. The van der Waals surface area contributed by atoms with Gasteiger partial charge >= 0.3 is 205 Å². The molecule has 0 heterocycles. The topological polar surface area (TPSA) is 0 Å². The number of rotatable bonds is 13. The van der Waals surface area contributed by atoms with Gasteiger partial charge in [0.25, 0.3) is 0 Å². The summed E-state index contributed by atoms with van der Waals surface area (Å²) in [4.78, 5) is 0. The first-order chi connectivity index (χ1) is 15.6. The van der Waals surface area contributed by atoms with Crippen LogP contribution in [-0.4, -0.2) is 6.16 Å². The summed E-state index contributed by atoms with van der Waals surface area (Å²) in [6, 6.07) is 33.6. The molecule has 172 valence electrons. The molecule has 32 heavy (non-hydrogen) atoms. The maximum atomic E-state index is 4.57. The number of hydrogen-bond donors (Lipinski definition) is 0. The Hall–Kier alpha value is -1.43. The minimum absolute atomic E-state index is 0.886. The van der Waals surface area contributed by atoms with Gasteiger partial charge in [-0.1, -0.05) is 0 Å². The fourth-order valence-corrected chi connectivity index (χ4v) is 12.6. The molecule has 0 aliphatic carbocycles. The van der Waals surface area contributed by atoms with Crippen LogP contribution in [0.3, 0.4) is 0 Å². The van der Waals surface area contributed by atoms with Crippen molar-refractivity contribution < 1.29 is 0 Å². The van der Waals surface area contributed by atoms with Gasteiger partial charge in [-0.25, -0.2) is 0 Å². The van der Waals surface area contributed by atoms with Crippen molar-refractivity contribution in [2.24, 2.45) is 5.92 Å². The summed E-state index contributed by atoms with van der Waals surface area (Å²) < 4.78 is 0. The van der Waals surface area contributed by atoms with Crippen molar-refractivity contribution in [2.45, 2.75) is 65.2 Å². The molecule has 0 N–H and O–H groups in total. The average molecular weight is 512 g/mol. The van der Waals surface area contributed by atoms with Crippen LogP contribution >= 0.6 is 20.8 Å². The normalized spacial score (nSPS) is 13.9. The molecule has 3 aromatic rings. The second-order valence-electron chi connectivity index (χ2n) is 9.34. The zero-order valence-electron chi connectivity index (χ0n) is 19.9. The van der Waals surface area contributed by atoms with Crippen LogP contribution in [0.1, 0.15) is 65.2 Å². The first-order valence-electron chi connectivity index (χ1n) is 12.5. The van der Waals surface area contributed by atoms with Crippen LogP contribution in [0.4, 0.5) is 0 Å². The van der Waals surface area contributed by atoms with E-state index >= 15 is 0 Å². The van der Waals surface area contributed by atoms with Crippen LogP contribution in [-0.2, 0) is 0 Å². The van der Waals surface area contributed by atoms with Crippen molar-refractivity contribution in [3.05, 3.63) is 91.0 Å². The fraction of sp³-hybridized carbons (Fsp3) is 0.400. The molecule has 3 aromatic carbocycles. The Kier molecular flexibility index (Phi) is 9.57. The number of halogens is 1. The third-order valence-corrected chi connectivity index (χ3v) is 17.1. The monoisotopic (exact) mass is 510 g/mol. The van der Waals surface area contributed by atoms with Gasteiger partial charge in [0.15, 0.2) is 0 Å². The minimum atomic E-state index is -2.72. The average Bonchev–Trinajstić information content (AvgIpc) is 2.87. The summed E-state index contributed by atoms with van der Waals surface area (Å²) in [6.45, 7) is 4.69. The van der Waals surface area contributed by atoms with Gasteiger partial charge < -0.3 is 0 Å². The molecule has 0 aliphatic heterocycles. The Morgan fingerprint density at radius 1 is 0.594 bits per heavy atom. The van der Waals surface area contributed by atoms with Crippen molar-refractivity contribution in [1.82, 2.24) is 0 Å². The molecule has 0 unspecified atom stereocenters. The van der Waals surface area contributed by atoms with Crippen LogP contribution in [0.25, 0.3) is 0 Å². The molecule has 0 spiro atoms. The van der Waals surface area contributed by atoms with Crippen LogP contribution in [0.5, 0.6) is 0 Å². The van der Waals surface area contributed by atoms with Gasteiger partial charge in [-0.15, -0.1) is 0 Å². The van der Waals surface area contributed by atoms with Gasteiger partial charge in [-0.3, -0.25) is 0 Å². The van der Waals surface area contributed by atoms with Gasteiger partial charge in [0.2, 0.25) is 0 Å². The number of benzene rings is 3. The molecule has 0 saturated heterocycles. The van der Waals surface area contributed by atoms with Gasteiger partial charge in [0.1, 0.15) is 0 Å². The molecular weight excluding hydrogens is 471 g/mol. The Labute approximate surface area is 204 Å². The van der Waals surface area contributed by atoms with E-state index in [1.54, 1.807) is 0 Å². The van der Waals surface area contributed by atoms with Gasteiger partial charge in [0, 0.05) is 0 Å². The molecule has 2 heteroatoms. The van der Waals surface area contributed by atoms with E-state index in [1.165, 1.54) is 67.3 Å². The van der Waals surface area contributed by atoms with Crippen LogP contribution in [0.2, 0.25) is 0 Å².